The predicted octanol–water partition coefficient (Wildman–Crippen LogP) is 2.53. The molecule has 7 aliphatic rings. The molecule has 9 amide bonds. The standard InChI is InChI=1S/C82H90Cl2N12O24/c1-34(2)22-49(88-5)74(108)95-65-67(103)39-13-20-53(47(83)24-39)116-55-26-41-27-56(71(55)120-81-72(70(106)69(105)57(33-97)118-81)119-60-31-82(4,87)73(107)35(3)115-60)117-54-21-14-40(25-48(54)84)68(104)66-80(114)94-64(76(110)89-32-59(102)90-43-17-10-37(11-18-43)7-6-36-8-15-42(85)16-9-36)46-28-44(98)29-52(100)61(46)45-23-38(12-19-51(45)99)62(77(111)96-66)93-78(112)63(41)92-75(109)50(30-58(86)101)91-79(65)113/h6-21,23-29,34-35,49-50,57,60,62-70,72-73,81,88,97-100,103-107H,22,30-33,85,87H2,1-5H3,(H2,86,101)(H,89,110)(H,90,102)(H,91,113)(H,92,109)(H,93,112)(H,94,114)(H,95,108)(H,96,111). The van der Waals surface area contributed by atoms with Crippen molar-refractivity contribution in [3.05, 3.63) is 176 Å². The summed E-state index contributed by atoms with van der Waals surface area (Å²) in [6, 6.07) is 13.2. The Kier molecular flexibility index (Phi) is 26.9. The van der Waals surface area contributed by atoms with Gasteiger partial charge in [0.05, 0.1) is 47.9 Å². The average Bonchev–Trinajstić information content (AvgIpc) is 0.763. The lowest BCUT2D eigenvalue weighted by atomic mass is 9.86. The zero-order valence-electron chi connectivity index (χ0n) is 64.8. The number of fused-ring (bicyclic) bond motifs is 15. The number of ether oxygens (including phenoxy) is 6. The van der Waals surface area contributed by atoms with Crippen LogP contribution in [0, 0.1) is 5.92 Å². The molecule has 14 rings (SSSR count). The molecule has 7 aromatic rings. The van der Waals surface area contributed by atoms with Gasteiger partial charge < -0.3 is 139 Å². The number of phenols is 3. The highest BCUT2D eigenvalue weighted by molar-refractivity contribution is 6.32. The van der Waals surface area contributed by atoms with E-state index in [4.69, 9.17) is 68.8 Å². The summed E-state index contributed by atoms with van der Waals surface area (Å²) in [4.78, 5) is 134. The normalized spacial score (nSPS) is 26.6. The first-order chi connectivity index (χ1) is 56.9. The number of carbonyl (C=O) groups excluding carboxylic acids is 9. The Bertz CT molecular complexity index is 5120. The Morgan fingerprint density at radius 3 is 1.88 bits per heavy atom. The second-order valence-corrected chi connectivity index (χ2v) is 31.1. The van der Waals surface area contributed by atoms with E-state index >= 15 is 19.2 Å². The zero-order valence-corrected chi connectivity index (χ0v) is 66.4. The van der Waals surface area contributed by atoms with Gasteiger partial charge in [0.1, 0.15) is 95.5 Å². The zero-order chi connectivity index (χ0) is 86.6. The molecule has 0 aromatic heterocycles. The van der Waals surface area contributed by atoms with E-state index < -0.39 is 250 Å². The quantitative estimate of drug-likeness (QED) is 0.0433. The topological polar surface area (TPSA) is 577 Å². The molecule has 2 saturated heterocycles. The van der Waals surface area contributed by atoms with Gasteiger partial charge in [0.2, 0.25) is 65.2 Å². The second-order valence-electron chi connectivity index (χ2n) is 30.3. The number of benzene rings is 7. The van der Waals surface area contributed by atoms with Crippen LogP contribution in [-0.4, -0.2) is 198 Å². The molecule has 24 N–H and O–H groups in total. The fourth-order valence-corrected chi connectivity index (χ4v) is 14.9. The Hall–Kier alpha value is -11.8. The first kappa shape index (κ1) is 87.6. The number of anilines is 2. The molecular weight excluding hydrogens is 1610 g/mol. The van der Waals surface area contributed by atoms with Crippen molar-refractivity contribution < 1.29 is 118 Å². The number of amides is 9. The van der Waals surface area contributed by atoms with Crippen molar-refractivity contribution in [2.24, 2.45) is 17.4 Å². The van der Waals surface area contributed by atoms with Crippen LogP contribution in [-0.2, 0) is 57.4 Å². The average molecular weight is 1700 g/mol. The van der Waals surface area contributed by atoms with E-state index in [9.17, 15) is 69.9 Å². The molecule has 7 heterocycles. The highest BCUT2D eigenvalue weighted by Crippen LogP contribution is 2.50. The number of aliphatic hydroxyl groups excluding tert-OH is 6. The summed E-state index contributed by atoms with van der Waals surface area (Å²) in [5.74, 6) is -16.3. The number of phenolic OH excluding ortho intramolecular Hbond substituents is 3. The van der Waals surface area contributed by atoms with Crippen molar-refractivity contribution in [1.82, 2.24) is 42.5 Å². The number of aliphatic hydroxyl groups is 6. The predicted molar refractivity (Wildman–Crippen MR) is 430 cm³/mol. The smallest absolute Gasteiger partial charge is 0.248 e. The lowest BCUT2D eigenvalue weighted by Gasteiger charge is -2.47. The molecule has 120 heavy (non-hydrogen) atoms. The molecule has 18 atom stereocenters. The molecule has 2 fully saturated rings. The SMILES string of the molecule is CNC(CC(C)C)C(=O)NC1C(=O)NC(CC(N)=O)C(=O)NC2C(=O)NC3C(=O)NC(C(=O)NC(C(=O)NCC(=O)Nc4ccc(C=Cc5ccc(N)cc5)cc4)c4cc(O)cc(O)c4-c4cc3ccc4O)C(O)c3ccc(c(Cl)c3)Oc3cc2cc(c3OC2OC(CO)C(O)C(O)C2OC2CC(C)(N)C(O)C(C)O2)Oc2ccc(cc2Cl)C1O. The van der Waals surface area contributed by atoms with Gasteiger partial charge in [-0.3, -0.25) is 43.2 Å². The molecule has 18 unspecified atom stereocenters. The number of hydrogen-bond donors (Lipinski definition) is 21. The van der Waals surface area contributed by atoms with E-state index in [0.717, 1.165) is 77.9 Å². The van der Waals surface area contributed by atoms with Crippen molar-refractivity contribution in [2.75, 3.05) is 31.2 Å². The molecule has 636 valence electrons. The molecule has 7 aromatic carbocycles. The fourth-order valence-electron chi connectivity index (χ4n) is 14.5. The Balaban J connectivity index is 1.02. The monoisotopic (exact) mass is 1700 g/mol. The largest absolute Gasteiger partial charge is 0.508 e. The highest BCUT2D eigenvalue weighted by Gasteiger charge is 2.52. The molecule has 0 spiro atoms. The minimum Gasteiger partial charge on any atom is -0.508 e. The Labute approximate surface area is 695 Å². The van der Waals surface area contributed by atoms with Crippen LogP contribution in [0.5, 0.6) is 46.0 Å². The summed E-state index contributed by atoms with van der Waals surface area (Å²) in [5.41, 5.74) is 16.5. The van der Waals surface area contributed by atoms with E-state index in [-0.39, 0.29) is 51.9 Å². The van der Waals surface area contributed by atoms with Crippen LogP contribution in [0.3, 0.4) is 0 Å². The first-order valence-electron chi connectivity index (χ1n) is 37.9. The third-order valence-corrected chi connectivity index (χ3v) is 21.4. The van der Waals surface area contributed by atoms with Crippen molar-refractivity contribution in [3.8, 4) is 57.1 Å². The molecular formula is C82H90Cl2N12O24. The third-order valence-electron chi connectivity index (χ3n) is 20.8. The minimum absolute atomic E-state index is 0.112. The summed E-state index contributed by atoms with van der Waals surface area (Å²) in [6.07, 6.45) is -15.1. The van der Waals surface area contributed by atoms with Gasteiger partial charge in [0.15, 0.2) is 23.9 Å². The van der Waals surface area contributed by atoms with Crippen LogP contribution >= 0.6 is 23.2 Å². The van der Waals surface area contributed by atoms with E-state index in [2.05, 4.69) is 47.9 Å². The molecule has 0 aliphatic carbocycles. The van der Waals surface area contributed by atoms with Crippen LogP contribution in [0.1, 0.15) is 116 Å². The summed E-state index contributed by atoms with van der Waals surface area (Å²) >= 11 is 14.3. The number of halogens is 2. The number of primary amides is 1. The number of nitrogens with one attached hydrogen (secondary N) is 9. The lowest BCUT2D eigenvalue weighted by molar-refractivity contribution is -0.333. The lowest BCUT2D eigenvalue weighted by Crippen LogP contribution is -2.64. The summed E-state index contributed by atoms with van der Waals surface area (Å²) in [6.45, 7) is 4.83. The highest BCUT2D eigenvalue weighted by atomic mass is 35.5. The number of nitrogen functional groups attached to an aromatic ring is 1. The molecule has 36 nitrogen and oxygen atoms in total. The van der Waals surface area contributed by atoms with Gasteiger partial charge in [0, 0.05) is 40.5 Å². The van der Waals surface area contributed by atoms with Crippen molar-refractivity contribution >= 4 is 99.9 Å². The summed E-state index contributed by atoms with van der Waals surface area (Å²) in [7, 11) is 1.47. The van der Waals surface area contributed by atoms with Gasteiger partial charge in [0.25, 0.3) is 0 Å². The molecule has 11 bridgehead atoms. The van der Waals surface area contributed by atoms with Gasteiger partial charge in [-0.2, -0.15) is 0 Å². The summed E-state index contributed by atoms with van der Waals surface area (Å²) < 4.78 is 38.6. The number of hydrogen-bond acceptors (Lipinski definition) is 27. The van der Waals surface area contributed by atoms with E-state index in [1.54, 1.807) is 36.4 Å². The maximum atomic E-state index is 16.3. The maximum Gasteiger partial charge on any atom is 0.248 e. The van der Waals surface area contributed by atoms with E-state index in [1.165, 1.54) is 33.0 Å². The number of rotatable bonds is 18. The molecule has 0 radical (unpaired) electrons. The van der Waals surface area contributed by atoms with Gasteiger partial charge >= 0.3 is 0 Å². The second kappa shape index (κ2) is 36.9. The maximum absolute atomic E-state index is 16.3. The van der Waals surface area contributed by atoms with Crippen molar-refractivity contribution in [3.63, 3.8) is 0 Å². The molecule has 0 saturated carbocycles. The Morgan fingerprint density at radius 2 is 1.27 bits per heavy atom. The van der Waals surface area contributed by atoms with Crippen LogP contribution in [0.25, 0.3) is 23.3 Å². The number of likely N-dealkylation sites (N-methyl/N-ethyl adjacent to an activating group) is 1. The van der Waals surface area contributed by atoms with Gasteiger partial charge in [-0.25, -0.2) is 0 Å². The van der Waals surface area contributed by atoms with Gasteiger partial charge in [-0.15, -0.1) is 0 Å². The number of carbonyl (C=O) groups is 9. The summed E-state index contributed by atoms with van der Waals surface area (Å²) in [5, 5.41) is 128. The van der Waals surface area contributed by atoms with Crippen LogP contribution < -0.4 is 79.3 Å². The van der Waals surface area contributed by atoms with Crippen LogP contribution in [0.4, 0.5) is 11.4 Å². The van der Waals surface area contributed by atoms with Crippen LogP contribution in [0.2, 0.25) is 10.0 Å². The third kappa shape index (κ3) is 19.7. The first-order valence-corrected chi connectivity index (χ1v) is 38.7. The van der Waals surface area contributed by atoms with Gasteiger partial charge in [-0.1, -0.05) is 91.7 Å². The van der Waals surface area contributed by atoms with E-state index in [1.807, 2.05) is 38.1 Å². The number of nitrogens with two attached hydrogens (primary N) is 3. The fraction of sp³-hybridized carbons (Fsp3) is 0.354. The minimum atomic E-state index is -2.38. The van der Waals surface area contributed by atoms with Crippen molar-refractivity contribution in [2.45, 2.75) is 156 Å². The molecule has 7 aliphatic heterocycles. The van der Waals surface area contributed by atoms with Gasteiger partial charge in [-0.05, 0) is 151 Å². The molecule has 38 heteroatoms. The van der Waals surface area contributed by atoms with Crippen molar-refractivity contribution in [1.29, 1.82) is 0 Å². The Morgan fingerprint density at radius 1 is 0.675 bits per heavy atom. The van der Waals surface area contributed by atoms with E-state index in [0.29, 0.717) is 5.69 Å². The van der Waals surface area contributed by atoms with Crippen LogP contribution in [0.15, 0.2) is 127 Å². The number of aromatic hydroxyl groups is 3.